The number of benzene rings is 1. The topological polar surface area (TPSA) is 85.1 Å². The SMILES string of the molecule is Cc1c(C(=O)N2CCC(CNC(=O)c3cnn(C)c3)CC2)cnn1-c1ccccc1F. The number of nitrogens with one attached hydrogen (secondary N) is 1. The number of rotatable bonds is 5. The van der Waals surface area contributed by atoms with Crippen LogP contribution in [0.4, 0.5) is 4.39 Å². The van der Waals surface area contributed by atoms with Crippen LogP contribution in [0.1, 0.15) is 39.3 Å². The third-order valence-corrected chi connectivity index (χ3v) is 5.74. The van der Waals surface area contributed by atoms with Crippen molar-refractivity contribution in [3.8, 4) is 5.69 Å². The average molecular weight is 424 g/mol. The van der Waals surface area contributed by atoms with Crippen LogP contribution in [0.3, 0.4) is 0 Å². The van der Waals surface area contributed by atoms with Gasteiger partial charge >= 0.3 is 0 Å². The largest absolute Gasteiger partial charge is 0.352 e. The fourth-order valence-corrected chi connectivity index (χ4v) is 3.87. The van der Waals surface area contributed by atoms with Crippen molar-refractivity contribution in [2.24, 2.45) is 13.0 Å². The van der Waals surface area contributed by atoms with Gasteiger partial charge in [-0.3, -0.25) is 14.3 Å². The molecule has 0 aliphatic carbocycles. The van der Waals surface area contributed by atoms with E-state index < -0.39 is 0 Å². The molecule has 1 aromatic carbocycles. The molecule has 0 unspecified atom stereocenters. The summed E-state index contributed by atoms with van der Waals surface area (Å²) in [5, 5.41) is 11.2. The Labute approximate surface area is 179 Å². The number of halogens is 1. The van der Waals surface area contributed by atoms with Crippen molar-refractivity contribution in [2.45, 2.75) is 19.8 Å². The second-order valence-electron chi connectivity index (χ2n) is 7.86. The smallest absolute Gasteiger partial charge is 0.257 e. The Hall–Kier alpha value is -3.49. The number of aryl methyl sites for hydroxylation is 1. The molecule has 8 nitrogen and oxygen atoms in total. The van der Waals surface area contributed by atoms with Gasteiger partial charge in [0, 0.05) is 32.9 Å². The van der Waals surface area contributed by atoms with Gasteiger partial charge in [-0.2, -0.15) is 10.2 Å². The lowest BCUT2D eigenvalue weighted by molar-refractivity contribution is 0.0683. The summed E-state index contributed by atoms with van der Waals surface area (Å²) in [6.45, 7) is 3.56. The van der Waals surface area contributed by atoms with E-state index in [0.717, 1.165) is 12.8 Å². The number of likely N-dealkylation sites (tertiary alicyclic amines) is 1. The molecule has 0 spiro atoms. The molecule has 4 rings (SSSR count). The van der Waals surface area contributed by atoms with Gasteiger partial charge in [-0.05, 0) is 37.8 Å². The second kappa shape index (κ2) is 8.71. The molecular formula is C22H25FN6O2. The third kappa shape index (κ3) is 4.35. The standard InChI is InChI=1S/C22H25FN6O2/c1-15-18(13-26-29(15)20-6-4-3-5-19(20)23)22(31)28-9-7-16(8-10-28)11-24-21(30)17-12-25-27(2)14-17/h3-6,12-14,16H,7-11H2,1-2H3,(H,24,30). The highest BCUT2D eigenvalue weighted by Gasteiger charge is 2.27. The lowest BCUT2D eigenvalue weighted by Gasteiger charge is -2.32. The van der Waals surface area contributed by atoms with Gasteiger partial charge in [-0.15, -0.1) is 0 Å². The van der Waals surface area contributed by atoms with Gasteiger partial charge in [0.15, 0.2) is 0 Å². The summed E-state index contributed by atoms with van der Waals surface area (Å²) in [4.78, 5) is 27.0. The summed E-state index contributed by atoms with van der Waals surface area (Å²) in [5.74, 6) is -0.311. The summed E-state index contributed by atoms with van der Waals surface area (Å²) >= 11 is 0. The number of piperidine rings is 1. The van der Waals surface area contributed by atoms with Crippen LogP contribution in [-0.4, -0.2) is 55.9 Å². The molecule has 0 saturated carbocycles. The molecule has 1 fully saturated rings. The second-order valence-corrected chi connectivity index (χ2v) is 7.86. The van der Waals surface area contributed by atoms with Crippen LogP contribution in [0, 0.1) is 18.7 Å². The van der Waals surface area contributed by atoms with E-state index in [9.17, 15) is 14.0 Å². The van der Waals surface area contributed by atoms with Crippen LogP contribution in [-0.2, 0) is 7.05 Å². The molecule has 2 aromatic heterocycles. The summed E-state index contributed by atoms with van der Waals surface area (Å²) < 4.78 is 17.2. The molecule has 9 heteroatoms. The van der Waals surface area contributed by atoms with E-state index in [4.69, 9.17) is 0 Å². The third-order valence-electron chi connectivity index (χ3n) is 5.74. The highest BCUT2D eigenvalue weighted by Crippen LogP contribution is 2.22. The number of carbonyl (C=O) groups is 2. The Morgan fingerprint density at radius 2 is 1.90 bits per heavy atom. The van der Waals surface area contributed by atoms with Crippen molar-refractivity contribution in [2.75, 3.05) is 19.6 Å². The molecule has 1 aliphatic heterocycles. The normalized spacial score (nSPS) is 14.6. The molecule has 0 bridgehead atoms. The molecule has 31 heavy (non-hydrogen) atoms. The zero-order chi connectivity index (χ0) is 22.0. The van der Waals surface area contributed by atoms with Gasteiger partial charge in [-0.25, -0.2) is 9.07 Å². The first kappa shape index (κ1) is 20.8. The van der Waals surface area contributed by atoms with E-state index in [1.165, 1.54) is 16.9 Å². The molecule has 1 aliphatic rings. The molecular weight excluding hydrogens is 399 g/mol. The van der Waals surface area contributed by atoms with Gasteiger partial charge < -0.3 is 10.2 Å². The lowest BCUT2D eigenvalue weighted by Crippen LogP contribution is -2.41. The highest BCUT2D eigenvalue weighted by molar-refractivity contribution is 5.95. The monoisotopic (exact) mass is 424 g/mol. The predicted octanol–water partition coefficient (Wildman–Crippen LogP) is 2.34. The van der Waals surface area contributed by atoms with E-state index in [2.05, 4.69) is 15.5 Å². The average Bonchev–Trinajstić information content (AvgIpc) is 3.38. The van der Waals surface area contributed by atoms with Crippen molar-refractivity contribution >= 4 is 11.8 Å². The molecule has 2 amide bonds. The summed E-state index contributed by atoms with van der Waals surface area (Å²) in [7, 11) is 1.77. The number of hydrogen-bond donors (Lipinski definition) is 1. The summed E-state index contributed by atoms with van der Waals surface area (Å²) in [6, 6.07) is 6.36. The first-order valence-corrected chi connectivity index (χ1v) is 10.3. The van der Waals surface area contributed by atoms with Crippen LogP contribution in [0.15, 0.2) is 42.9 Å². The van der Waals surface area contributed by atoms with Crippen LogP contribution >= 0.6 is 0 Å². The fraction of sp³-hybridized carbons (Fsp3) is 0.364. The molecule has 0 atom stereocenters. The molecule has 3 aromatic rings. The highest BCUT2D eigenvalue weighted by atomic mass is 19.1. The number of para-hydroxylation sites is 1. The van der Waals surface area contributed by atoms with E-state index in [-0.39, 0.29) is 17.6 Å². The molecule has 1 N–H and O–H groups in total. The van der Waals surface area contributed by atoms with Crippen LogP contribution in [0.25, 0.3) is 5.69 Å². The Morgan fingerprint density at radius 3 is 2.58 bits per heavy atom. The van der Waals surface area contributed by atoms with Gasteiger partial charge in [0.2, 0.25) is 0 Å². The minimum atomic E-state index is -0.387. The number of hydrogen-bond acceptors (Lipinski definition) is 4. The zero-order valence-electron chi connectivity index (χ0n) is 17.6. The fourth-order valence-electron chi connectivity index (χ4n) is 3.87. The first-order chi connectivity index (χ1) is 14.9. The van der Waals surface area contributed by atoms with Gasteiger partial charge in [0.25, 0.3) is 11.8 Å². The minimum Gasteiger partial charge on any atom is -0.352 e. The summed E-state index contributed by atoms with van der Waals surface area (Å²) in [5.41, 5.74) is 1.95. The van der Waals surface area contributed by atoms with Gasteiger partial charge in [0.1, 0.15) is 11.5 Å². The Balaban J connectivity index is 1.33. The van der Waals surface area contributed by atoms with Crippen molar-refractivity contribution in [3.63, 3.8) is 0 Å². The Kier molecular flexibility index (Phi) is 5.83. The van der Waals surface area contributed by atoms with Crippen LogP contribution < -0.4 is 5.32 Å². The van der Waals surface area contributed by atoms with Crippen LogP contribution in [0.2, 0.25) is 0 Å². The number of carbonyl (C=O) groups excluding carboxylic acids is 2. The predicted molar refractivity (Wildman–Crippen MR) is 112 cm³/mol. The van der Waals surface area contributed by atoms with Gasteiger partial charge in [0.05, 0.1) is 29.2 Å². The van der Waals surface area contributed by atoms with E-state index in [0.29, 0.717) is 48.1 Å². The zero-order valence-corrected chi connectivity index (χ0v) is 17.6. The molecule has 0 radical (unpaired) electrons. The maximum absolute atomic E-state index is 14.1. The van der Waals surface area contributed by atoms with Crippen LogP contribution in [0.5, 0.6) is 0 Å². The van der Waals surface area contributed by atoms with Crippen molar-refractivity contribution in [1.29, 1.82) is 0 Å². The number of amides is 2. The number of nitrogens with zero attached hydrogens (tertiary/aromatic N) is 5. The quantitative estimate of drug-likeness (QED) is 0.681. The number of aromatic nitrogens is 4. The maximum atomic E-state index is 14.1. The van der Waals surface area contributed by atoms with Crippen molar-refractivity contribution < 1.29 is 14.0 Å². The van der Waals surface area contributed by atoms with E-state index in [1.54, 1.807) is 54.1 Å². The first-order valence-electron chi connectivity index (χ1n) is 10.3. The molecule has 1 saturated heterocycles. The molecule has 162 valence electrons. The minimum absolute atomic E-state index is 0.0991. The lowest BCUT2D eigenvalue weighted by atomic mass is 9.96. The van der Waals surface area contributed by atoms with E-state index in [1.807, 2.05) is 0 Å². The van der Waals surface area contributed by atoms with Gasteiger partial charge in [-0.1, -0.05) is 12.1 Å². The Morgan fingerprint density at radius 1 is 1.16 bits per heavy atom. The van der Waals surface area contributed by atoms with E-state index >= 15 is 0 Å². The maximum Gasteiger partial charge on any atom is 0.257 e. The summed E-state index contributed by atoms with van der Waals surface area (Å²) in [6.07, 6.45) is 6.34. The van der Waals surface area contributed by atoms with Crippen molar-refractivity contribution in [3.05, 3.63) is 65.5 Å². The van der Waals surface area contributed by atoms with Crippen molar-refractivity contribution in [1.82, 2.24) is 29.8 Å². The molecule has 3 heterocycles. The Bertz CT molecular complexity index is 1100.